The molecule has 3 amide bonds. The van der Waals surface area contributed by atoms with E-state index in [2.05, 4.69) is 16.5 Å². The Morgan fingerprint density at radius 3 is 2.40 bits per heavy atom. The van der Waals surface area contributed by atoms with E-state index in [1.54, 1.807) is 41.2 Å². The molecular formula is C23H22N4O3. The highest BCUT2D eigenvalue weighted by Crippen LogP contribution is 2.17. The van der Waals surface area contributed by atoms with E-state index >= 15 is 0 Å². The van der Waals surface area contributed by atoms with Crippen LogP contribution in [0.4, 0.5) is 5.82 Å². The smallest absolute Gasteiger partial charge is 0.256 e. The molecule has 7 heteroatoms. The number of carbonyl (C=O) groups is 3. The number of nitrogens with zero attached hydrogens (tertiary/aromatic N) is 3. The zero-order chi connectivity index (χ0) is 21.1. The van der Waals surface area contributed by atoms with Gasteiger partial charge in [0.1, 0.15) is 5.82 Å². The molecule has 0 atom stereocenters. The summed E-state index contributed by atoms with van der Waals surface area (Å²) in [6.45, 7) is 2.83. The fraction of sp³-hybridized carbons (Fsp3) is 0.217. The van der Waals surface area contributed by atoms with Crippen LogP contribution >= 0.6 is 0 Å². The molecule has 1 fully saturated rings. The maximum Gasteiger partial charge on any atom is 0.256 e. The van der Waals surface area contributed by atoms with Crippen molar-refractivity contribution in [3.63, 3.8) is 0 Å². The van der Waals surface area contributed by atoms with Crippen LogP contribution in [0, 0.1) is 6.92 Å². The van der Waals surface area contributed by atoms with Gasteiger partial charge in [-0.25, -0.2) is 4.68 Å². The summed E-state index contributed by atoms with van der Waals surface area (Å²) in [5.41, 5.74) is 3.56. The molecule has 0 unspecified atom stereocenters. The Bertz CT molecular complexity index is 1090. The van der Waals surface area contributed by atoms with Crippen LogP contribution in [0.2, 0.25) is 0 Å². The van der Waals surface area contributed by atoms with Gasteiger partial charge in [0, 0.05) is 24.5 Å². The maximum atomic E-state index is 12.7. The van der Waals surface area contributed by atoms with Crippen LogP contribution in [-0.4, -0.2) is 32.4 Å². The summed E-state index contributed by atoms with van der Waals surface area (Å²) in [7, 11) is 0. The number of nitrogens with one attached hydrogen (secondary N) is 1. The zero-order valence-corrected chi connectivity index (χ0v) is 16.7. The molecule has 1 aromatic heterocycles. The minimum absolute atomic E-state index is 0.149. The Morgan fingerprint density at radius 2 is 1.70 bits per heavy atom. The zero-order valence-electron chi connectivity index (χ0n) is 16.7. The van der Waals surface area contributed by atoms with Gasteiger partial charge >= 0.3 is 0 Å². The first-order valence-electron chi connectivity index (χ1n) is 9.80. The minimum Gasteiger partial charge on any atom is -0.307 e. The van der Waals surface area contributed by atoms with E-state index in [9.17, 15) is 14.4 Å². The van der Waals surface area contributed by atoms with Crippen molar-refractivity contribution in [2.75, 3.05) is 5.32 Å². The number of carbonyl (C=O) groups excluding carboxylic acids is 3. The normalized spacial score (nSPS) is 13.7. The summed E-state index contributed by atoms with van der Waals surface area (Å²) >= 11 is 0. The number of rotatable bonds is 6. The van der Waals surface area contributed by atoms with Gasteiger partial charge in [-0.15, -0.1) is 0 Å². The number of amides is 3. The van der Waals surface area contributed by atoms with Crippen molar-refractivity contribution in [3.05, 3.63) is 83.0 Å². The van der Waals surface area contributed by atoms with Crippen molar-refractivity contribution in [1.29, 1.82) is 0 Å². The van der Waals surface area contributed by atoms with Crippen LogP contribution < -0.4 is 5.32 Å². The third kappa shape index (κ3) is 4.30. The third-order valence-corrected chi connectivity index (χ3v) is 5.08. The van der Waals surface area contributed by atoms with Gasteiger partial charge in [-0.1, -0.05) is 42.0 Å². The van der Waals surface area contributed by atoms with Crippen molar-refractivity contribution < 1.29 is 14.4 Å². The molecule has 0 bridgehead atoms. The molecule has 152 valence electrons. The summed E-state index contributed by atoms with van der Waals surface area (Å²) in [6.07, 6.45) is 2.20. The molecule has 0 radical (unpaired) electrons. The topological polar surface area (TPSA) is 84.3 Å². The molecule has 1 saturated heterocycles. The van der Waals surface area contributed by atoms with Crippen molar-refractivity contribution in [1.82, 2.24) is 14.7 Å². The number of anilines is 1. The Balaban J connectivity index is 1.41. The summed E-state index contributed by atoms with van der Waals surface area (Å²) in [5, 5.41) is 7.20. The van der Waals surface area contributed by atoms with Gasteiger partial charge in [-0.05, 0) is 30.2 Å². The van der Waals surface area contributed by atoms with Crippen LogP contribution in [0.1, 0.15) is 39.9 Å². The number of hydrogen-bond donors (Lipinski definition) is 1. The van der Waals surface area contributed by atoms with E-state index in [0.717, 1.165) is 11.1 Å². The van der Waals surface area contributed by atoms with Crippen molar-refractivity contribution >= 4 is 23.5 Å². The van der Waals surface area contributed by atoms with Crippen LogP contribution in [0.3, 0.4) is 0 Å². The van der Waals surface area contributed by atoms with Crippen LogP contribution in [0.5, 0.6) is 0 Å². The number of likely N-dealkylation sites (tertiary alicyclic amines) is 1. The van der Waals surface area contributed by atoms with E-state index in [1.807, 2.05) is 25.1 Å². The Labute approximate surface area is 174 Å². The summed E-state index contributed by atoms with van der Waals surface area (Å²) < 4.78 is 1.74. The second-order valence-corrected chi connectivity index (χ2v) is 7.39. The summed E-state index contributed by atoms with van der Waals surface area (Å²) in [6, 6.07) is 16.8. The van der Waals surface area contributed by atoms with E-state index < -0.39 is 0 Å². The highest BCUT2D eigenvalue weighted by Gasteiger charge is 2.28. The monoisotopic (exact) mass is 402 g/mol. The Kier molecular flexibility index (Phi) is 5.43. The number of aryl methyl sites for hydroxylation is 1. The minimum atomic E-state index is -0.249. The first-order valence-corrected chi connectivity index (χ1v) is 9.80. The van der Waals surface area contributed by atoms with E-state index in [4.69, 9.17) is 0 Å². The van der Waals surface area contributed by atoms with Crippen LogP contribution in [-0.2, 0) is 22.7 Å². The largest absolute Gasteiger partial charge is 0.307 e. The Hall–Kier alpha value is -3.74. The maximum absolute atomic E-state index is 12.7. The highest BCUT2D eigenvalue weighted by molar-refractivity contribution is 6.04. The molecule has 4 rings (SSSR count). The number of aromatic nitrogens is 2. The molecule has 1 N–H and O–H groups in total. The molecular weight excluding hydrogens is 380 g/mol. The highest BCUT2D eigenvalue weighted by atomic mass is 16.2. The number of hydrogen-bond acceptors (Lipinski definition) is 4. The van der Waals surface area contributed by atoms with Gasteiger partial charge in [-0.2, -0.15) is 5.10 Å². The Morgan fingerprint density at radius 1 is 0.967 bits per heavy atom. The number of imide groups is 1. The van der Waals surface area contributed by atoms with E-state index in [1.165, 1.54) is 10.5 Å². The molecule has 3 aromatic rings. The van der Waals surface area contributed by atoms with Crippen molar-refractivity contribution in [2.45, 2.75) is 32.9 Å². The lowest BCUT2D eigenvalue weighted by Crippen LogP contribution is -2.28. The van der Waals surface area contributed by atoms with Crippen LogP contribution in [0.15, 0.2) is 60.8 Å². The fourth-order valence-corrected chi connectivity index (χ4v) is 3.48. The van der Waals surface area contributed by atoms with Gasteiger partial charge in [0.05, 0.1) is 19.3 Å². The molecule has 0 spiro atoms. The second-order valence-electron chi connectivity index (χ2n) is 7.39. The lowest BCUT2D eigenvalue weighted by molar-refractivity contribution is -0.139. The van der Waals surface area contributed by atoms with E-state index in [-0.39, 0.29) is 37.1 Å². The third-order valence-electron chi connectivity index (χ3n) is 5.08. The number of benzene rings is 2. The fourth-order valence-electron chi connectivity index (χ4n) is 3.48. The molecule has 30 heavy (non-hydrogen) atoms. The van der Waals surface area contributed by atoms with E-state index in [0.29, 0.717) is 17.9 Å². The lowest BCUT2D eigenvalue weighted by Gasteiger charge is -2.14. The van der Waals surface area contributed by atoms with Crippen molar-refractivity contribution in [3.8, 4) is 0 Å². The average Bonchev–Trinajstić information content (AvgIpc) is 3.29. The molecule has 2 heterocycles. The van der Waals surface area contributed by atoms with Gasteiger partial charge in [0.25, 0.3) is 5.91 Å². The van der Waals surface area contributed by atoms with Crippen LogP contribution in [0.25, 0.3) is 0 Å². The standard InChI is InChI=1S/C23H22N4O3/c1-16-3-2-4-18(13-16)15-27-20(11-12-24-27)25-23(30)19-7-5-17(6-8-19)14-26-21(28)9-10-22(26)29/h2-8,11-13H,9-10,14-15H2,1H3,(H,25,30). The molecule has 0 aliphatic carbocycles. The predicted molar refractivity (Wildman–Crippen MR) is 112 cm³/mol. The first kappa shape index (κ1) is 19.6. The molecule has 2 aromatic carbocycles. The molecule has 1 aliphatic rings. The summed E-state index contributed by atoms with van der Waals surface area (Å²) in [4.78, 5) is 37.4. The molecule has 1 aliphatic heterocycles. The first-order chi connectivity index (χ1) is 14.5. The second kappa shape index (κ2) is 8.32. The quantitative estimate of drug-likeness (QED) is 0.642. The van der Waals surface area contributed by atoms with Gasteiger partial charge in [-0.3, -0.25) is 19.3 Å². The average molecular weight is 402 g/mol. The van der Waals surface area contributed by atoms with Gasteiger partial charge in [0.15, 0.2) is 0 Å². The van der Waals surface area contributed by atoms with Gasteiger partial charge in [0.2, 0.25) is 11.8 Å². The molecule has 0 saturated carbocycles. The predicted octanol–water partition coefficient (Wildman–Crippen LogP) is 3.14. The lowest BCUT2D eigenvalue weighted by atomic mass is 10.1. The molecule has 7 nitrogen and oxygen atoms in total. The SMILES string of the molecule is Cc1cccc(Cn2nccc2NC(=O)c2ccc(CN3C(=O)CCC3=O)cc2)c1. The van der Waals surface area contributed by atoms with Crippen molar-refractivity contribution in [2.24, 2.45) is 0 Å². The van der Waals surface area contributed by atoms with Gasteiger partial charge < -0.3 is 5.32 Å². The summed E-state index contributed by atoms with van der Waals surface area (Å²) in [5.74, 6) is 0.0621.